The minimum Gasteiger partial charge on any atom is -0.484 e. The lowest BCUT2D eigenvalue weighted by Gasteiger charge is -2.10. The van der Waals surface area contributed by atoms with Crippen molar-refractivity contribution in [1.82, 2.24) is 10.2 Å². The van der Waals surface area contributed by atoms with Gasteiger partial charge in [0.2, 0.25) is 5.13 Å². The van der Waals surface area contributed by atoms with E-state index in [4.69, 9.17) is 9.47 Å². The molecule has 5 nitrogen and oxygen atoms in total. The molecule has 0 aliphatic carbocycles. The van der Waals surface area contributed by atoms with Gasteiger partial charge in [-0.05, 0) is 30.5 Å². The molecule has 3 rings (SSSR count). The van der Waals surface area contributed by atoms with Gasteiger partial charge in [0.05, 0.1) is 6.10 Å². The number of anilines is 1. The summed E-state index contributed by atoms with van der Waals surface area (Å²) in [5.41, 5.74) is 0.860. The Bertz CT molecular complexity index is 706. The molecule has 1 N–H and O–H groups in total. The van der Waals surface area contributed by atoms with Crippen molar-refractivity contribution >= 4 is 28.2 Å². The minimum atomic E-state index is -4.34. The van der Waals surface area contributed by atoms with Crippen molar-refractivity contribution in [2.24, 2.45) is 0 Å². The van der Waals surface area contributed by atoms with E-state index in [0.717, 1.165) is 41.0 Å². The van der Waals surface area contributed by atoms with Crippen LogP contribution < -0.4 is 10.1 Å². The van der Waals surface area contributed by atoms with Crippen LogP contribution in [0, 0.1) is 0 Å². The lowest BCUT2D eigenvalue weighted by molar-refractivity contribution is -0.153. The van der Waals surface area contributed by atoms with Gasteiger partial charge >= 0.3 is 6.18 Å². The maximum atomic E-state index is 12.2. The normalized spacial score (nSPS) is 17.4. The van der Waals surface area contributed by atoms with E-state index in [0.29, 0.717) is 5.75 Å². The number of hydrogen-bond acceptors (Lipinski definition) is 7. The smallest absolute Gasteiger partial charge is 0.422 e. The summed E-state index contributed by atoms with van der Waals surface area (Å²) in [5.74, 6) is 0.778. The third kappa shape index (κ3) is 6.33. The van der Waals surface area contributed by atoms with E-state index in [1.54, 1.807) is 12.1 Å². The van der Waals surface area contributed by atoms with Gasteiger partial charge in [0, 0.05) is 18.9 Å². The zero-order valence-corrected chi connectivity index (χ0v) is 15.4. The second kappa shape index (κ2) is 8.92. The standard InChI is InChI=1S/C16H18F3N3O2S2/c17-16(18,19)10-24-12-4-1-3-11(7-12)9-25-15-22-21-14(26-15)20-8-13-5-2-6-23-13/h1,3-4,7,13H,2,5-6,8-10H2,(H,20,21). The molecular weight excluding hydrogens is 387 g/mol. The van der Waals surface area contributed by atoms with Crippen molar-refractivity contribution in [2.45, 2.75) is 35.2 Å². The predicted octanol–water partition coefficient (Wildman–Crippen LogP) is 4.36. The Hall–Kier alpha value is -1.52. The molecule has 1 fully saturated rings. The molecular formula is C16H18F3N3O2S2. The molecule has 1 unspecified atom stereocenters. The first-order valence-corrected chi connectivity index (χ1v) is 9.88. The molecule has 1 aliphatic rings. The fraction of sp³-hybridized carbons (Fsp3) is 0.500. The molecule has 26 heavy (non-hydrogen) atoms. The highest BCUT2D eigenvalue weighted by Crippen LogP contribution is 2.29. The molecule has 1 aliphatic heterocycles. The molecule has 10 heteroatoms. The first kappa shape index (κ1) is 19.2. The Kier molecular flexibility index (Phi) is 6.60. The van der Waals surface area contributed by atoms with Crippen LogP contribution in [0.3, 0.4) is 0 Å². The zero-order chi connectivity index (χ0) is 18.4. The number of halogens is 3. The highest BCUT2D eigenvalue weighted by atomic mass is 32.2. The van der Waals surface area contributed by atoms with E-state index in [2.05, 4.69) is 15.5 Å². The fourth-order valence-electron chi connectivity index (χ4n) is 2.38. The van der Waals surface area contributed by atoms with Crippen molar-refractivity contribution < 1.29 is 22.6 Å². The van der Waals surface area contributed by atoms with Crippen molar-refractivity contribution in [2.75, 3.05) is 25.1 Å². The van der Waals surface area contributed by atoms with Crippen LogP contribution in [0.4, 0.5) is 18.3 Å². The molecule has 0 spiro atoms. The number of benzene rings is 1. The minimum absolute atomic E-state index is 0.205. The van der Waals surface area contributed by atoms with E-state index >= 15 is 0 Å². The SMILES string of the molecule is FC(F)(F)COc1cccc(CSc2nnc(NCC3CCCO3)s2)c1. The van der Waals surface area contributed by atoms with Gasteiger partial charge in [-0.3, -0.25) is 0 Å². The molecule has 0 bridgehead atoms. The van der Waals surface area contributed by atoms with Gasteiger partial charge in [0.15, 0.2) is 10.9 Å². The summed E-state index contributed by atoms with van der Waals surface area (Å²) >= 11 is 2.93. The Morgan fingerprint density at radius 3 is 3.00 bits per heavy atom. The Morgan fingerprint density at radius 1 is 1.35 bits per heavy atom. The number of nitrogens with one attached hydrogen (secondary N) is 1. The molecule has 2 heterocycles. The predicted molar refractivity (Wildman–Crippen MR) is 94.9 cm³/mol. The van der Waals surface area contributed by atoms with Gasteiger partial charge in [-0.15, -0.1) is 10.2 Å². The molecule has 1 saturated heterocycles. The Labute approximate surface area is 157 Å². The van der Waals surface area contributed by atoms with E-state index in [-0.39, 0.29) is 11.9 Å². The van der Waals surface area contributed by atoms with Gasteiger partial charge in [0.25, 0.3) is 0 Å². The molecule has 1 aromatic carbocycles. The van der Waals surface area contributed by atoms with Crippen LogP contribution in [-0.4, -0.2) is 42.2 Å². The van der Waals surface area contributed by atoms with Gasteiger partial charge in [-0.2, -0.15) is 13.2 Å². The second-order valence-corrected chi connectivity index (χ2v) is 7.93. The van der Waals surface area contributed by atoms with Crippen LogP contribution in [0.2, 0.25) is 0 Å². The third-order valence-electron chi connectivity index (χ3n) is 3.57. The van der Waals surface area contributed by atoms with Crippen molar-refractivity contribution in [3.63, 3.8) is 0 Å². The first-order chi connectivity index (χ1) is 12.5. The number of ether oxygens (including phenoxy) is 2. The fourth-order valence-corrected chi connectivity index (χ4v) is 4.08. The van der Waals surface area contributed by atoms with E-state index < -0.39 is 12.8 Å². The van der Waals surface area contributed by atoms with Crippen LogP contribution in [0.15, 0.2) is 28.6 Å². The summed E-state index contributed by atoms with van der Waals surface area (Å²) in [6, 6.07) is 6.63. The highest BCUT2D eigenvalue weighted by Gasteiger charge is 2.28. The number of alkyl halides is 3. The number of nitrogens with zero attached hydrogens (tertiary/aromatic N) is 2. The third-order valence-corrected chi connectivity index (χ3v) is 5.66. The van der Waals surface area contributed by atoms with E-state index in [9.17, 15) is 13.2 Å². The van der Waals surface area contributed by atoms with Gasteiger partial charge < -0.3 is 14.8 Å². The zero-order valence-electron chi connectivity index (χ0n) is 13.8. The topological polar surface area (TPSA) is 56.3 Å². The van der Waals surface area contributed by atoms with Crippen LogP contribution in [0.5, 0.6) is 5.75 Å². The van der Waals surface area contributed by atoms with Crippen molar-refractivity contribution in [1.29, 1.82) is 0 Å². The average molecular weight is 405 g/mol. The highest BCUT2D eigenvalue weighted by molar-refractivity contribution is 8.00. The van der Waals surface area contributed by atoms with Gasteiger partial charge in [0.1, 0.15) is 5.75 Å². The van der Waals surface area contributed by atoms with Crippen LogP contribution in [0.1, 0.15) is 18.4 Å². The maximum absolute atomic E-state index is 12.2. The molecule has 2 aromatic rings. The van der Waals surface area contributed by atoms with Crippen LogP contribution in [0.25, 0.3) is 0 Å². The number of rotatable bonds is 8. The molecule has 0 amide bonds. The van der Waals surface area contributed by atoms with Crippen molar-refractivity contribution in [3.8, 4) is 5.75 Å². The quantitative estimate of drug-likeness (QED) is 0.659. The number of aromatic nitrogens is 2. The van der Waals surface area contributed by atoms with E-state index in [1.165, 1.54) is 29.2 Å². The second-order valence-electron chi connectivity index (χ2n) is 5.73. The number of thioether (sulfide) groups is 1. The monoisotopic (exact) mass is 405 g/mol. The van der Waals surface area contributed by atoms with Gasteiger partial charge in [-0.1, -0.05) is 35.2 Å². The molecule has 1 aromatic heterocycles. The summed E-state index contributed by atoms with van der Waals surface area (Å²) in [7, 11) is 0. The molecule has 0 saturated carbocycles. The summed E-state index contributed by atoms with van der Waals surface area (Å²) < 4.78 is 47.8. The van der Waals surface area contributed by atoms with Crippen molar-refractivity contribution in [3.05, 3.63) is 29.8 Å². The summed E-state index contributed by atoms with van der Waals surface area (Å²) in [6.07, 6.45) is -1.96. The average Bonchev–Trinajstić information content (AvgIpc) is 3.28. The van der Waals surface area contributed by atoms with Crippen LogP contribution >= 0.6 is 23.1 Å². The number of hydrogen-bond donors (Lipinski definition) is 1. The summed E-state index contributed by atoms with van der Waals surface area (Å²) in [6.45, 7) is 0.243. The molecule has 1 atom stereocenters. The lowest BCUT2D eigenvalue weighted by atomic mass is 10.2. The van der Waals surface area contributed by atoms with Crippen LogP contribution in [-0.2, 0) is 10.5 Å². The first-order valence-electron chi connectivity index (χ1n) is 8.08. The largest absolute Gasteiger partial charge is 0.484 e. The van der Waals surface area contributed by atoms with Gasteiger partial charge in [-0.25, -0.2) is 0 Å². The Balaban J connectivity index is 1.46. The summed E-state index contributed by atoms with van der Waals surface area (Å²) in [5, 5.41) is 12.2. The molecule has 142 valence electrons. The maximum Gasteiger partial charge on any atom is 0.422 e. The lowest BCUT2D eigenvalue weighted by Crippen LogP contribution is -2.19. The van der Waals surface area contributed by atoms with E-state index in [1.807, 2.05) is 6.07 Å². The molecule has 0 radical (unpaired) electrons. The Morgan fingerprint density at radius 2 is 2.23 bits per heavy atom. The summed E-state index contributed by atoms with van der Waals surface area (Å²) in [4.78, 5) is 0.